The van der Waals surface area contributed by atoms with Crippen molar-refractivity contribution >= 4 is 48.0 Å². The van der Waals surface area contributed by atoms with Crippen LogP contribution in [0.1, 0.15) is 0 Å². The molecule has 0 aromatic carbocycles. The van der Waals surface area contributed by atoms with Crippen molar-refractivity contribution in [1.82, 2.24) is 10.9 Å². The molecule has 6 nitrogen and oxygen atoms in total. The number of rotatable bonds is 3. The molecule has 0 aliphatic rings. The minimum atomic E-state index is 0. The maximum atomic E-state index is 4.71. The summed E-state index contributed by atoms with van der Waals surface area (Å²) in [5.74, 6) is 0. The number of nitrogens with one attached hydrogen (secondary N) is 2. The third kappa shape index (κ3) is 11.2. The molecule has 0 saturated heterocycles. The summed E-state index contributed by atoms with van der Waals surface area (Å²) < 4.78 is 0. The summed E-state index contributed by atoms with van der Waals surface area (Å²) >= 11 is 9.41. The summed E-state index contributed by atoms with van der Waals surface area (Å²) in [6.07, 6.45) is 2.81. The van der Waals surface area contributed by atoms with Gasteiger partial charge >= 0.3 is 0 Å². The van der Waals surface area contributed by atoms with Gasteiger partial charge in [-0.3, -0.25) is 20.8 Å². The van der Waals surface area contributed by atoms with E-state index in [-0.39, 0.29) is 17.1 Å². The molecule has 15 heavy (non-hydrogen) atoms. The van der Waals surface area contributed by atoms with Crippen molar-refractivity contribution in [3.8, 4) is 0 Å². The van der Waals surface area contributed by atoms with Gasteiger partial charge in [0, 0.05) is 31.2 Å². The molecule has 0 saturated carbocycles. The van der Waals surface area contributed by atoms with Gasteiger partial charge in [0.1, 0.15) is 0 Å². The Balaban J connectivity index is 0. The van der Waals surface area contributed by atoms with Gasteiger partial charge < -0.3 is 25.3 Å². The first kappa shape index (κ1) is 16.7. The third-order valence-electron chi connectivity index (χ3n) is 0.942. The molecular weight excluding hydrogens is 284 g/mol. The number of amidine groups is 2. The average Bonchev–Trinajstić information content (AvgIpc) is 2.22. The van der Waals surface area contributed by atoms with Crippen molar-refractivity contribution in [3.63, 3.8) is 0 Å². The first-order valence-corrected chi connectivity index (χ1v) is 4.36. The van der Waals surface area contributed by atoms with Crippen LogP contribution in [-0.4, -0.2) is 36.9 Å². The fraction of sp³-hybridized carbons (Fsp3) is 0.333. The molecular formula is C6H10CuN6S2-2. The zero-order valence-corrected chi connectivity index (χ0v) is 10.6. The Bertz CT molecular complexity index is 247. The van der Waals surface area contributed by atoms with Crippen LogP contribution in [0, 0.1) is 0 Å². The number of nitrogens with zero attached hydrogens (tertiary/aromatic N) is 4. The van der Waals surface area contributed by atoms with Crippen molar-refractivity contribution in [1.29, 1.82) is 0 Å². The zero-order valence-electron chi connectivity index (χ0n) is 8.06. The molecule has 0 aliphatic carbocycles. The minimum Gasteiger partial charge on any atom is -0.741 e. The van der Waals surface area contributed by atoms with Gasteiger partial charge in [-0.15, -0.1) is 0 Å². The van der Waals surface area contributed by atoms with Crippen molar-refractivity contribution in [2.45, 2.75) is 0 Å². The van der Waals surface area contributed by atoms with Crippen LogP contribution in [-0.2, 0) is 42.3 Å². The summed E-state index contributed by atoms with van der Waals surface area (Å²) in [7, 11) is 3.14. The van der Waals surface area contributed by atoms with E-state index in [9.17, 15) is 0 Å². The Morgan fingerprint density at radius 1 is 0.933 bits per heavy atom. The molecule has 0 aromatic heterocycles. The predicted molar refractivity (Wildman–Crippen MR) is 64.7 cm³/mol. The van der Waals surface area contributed by atoms with Crippen LogP contribution in [0.3, 0.4) is 0 Å². The Hall–Kier alpha value is -0.761. The van der Waals surface area contributed by atoms with Gasteiger partial charge in [0.25, 0.3) is 0 Å². The van der Waals surface area contributed by atoms with Crippen LogP contribution in [0.15, 0.2) is 20.2 Å². The quantitative estimate of drug-likeness (QED) is 0.235. The largest absolute Gasteiger partial charge is 0.741 e. The fourth-order valence-corrected chi connectivity index (χ4v) is 0.457. The van der Waals surface area contributed by atoms with E-state index in [4.69, 9.17) is 25.3 Å². The first-order valence-electron chi connectivity index (χ1n) is 3.55. The molecule has 1 radical (unpaired) electrons. The van der Waals surface area contributed by atoms with Crippen molar-refractivity contribution in [2.24, 2.45) is 20.2 Å². The maximum absolute atomic E-state index is 4.71. The Morgan fingerprint density at radius 2 is 1.27 bits per heavy atom. The molecule has 0 bridgehead atoms. The molecule has 89 valence electrons. The van der Waals surface area contributed by atoms with Crippen molar-refractivity contribution in [2.75, 3.05) is 14.1 Å². The molecule has 0 atom stereocenters. The van der Waals surface area contributed by atoms with Crippen LogP contribution < -0.4 is 10.9 Å². The normalized spacial score (nSPS) is 12.9. The molecule has 9 heteroatoms. The maximum Gasteiger partial charge on any atom is 0.0672 e. The Labute approximate surface area is 110 Å². The molecule has 0 rings (SSSR count). The average molecular weight is 294 g/mol. The summed E-state index contributed by atoms with van der Waals surface area (Å²) in [5.41, 5.74) is 4.99. The fourth-order valence-electron chi connectivity index (χ4n) is 0.352. The third-order valence-corrected chi connectivity index (χ3v) is 1.49. The molecule has 2 N–H and O–H groups in total. The van der Waals surface area contributed by atoms with E-state index in [0.29, 0.717) is 10.3 Å². The van der Waals surface area contributed by atoms with Gasteiger partial charge in [-0.2, -0.15) is 10.2 Å². The van der Waals surface area contributed by atoms with Crippen LogP contribution >= 0.6 is 0 Å². The van der Waals surface area contributed by atoms with E-state index in [1.165, 1.54) is 12.4 Å². The number of hydrogen-bond donors (Lipinski definition) is 2. The monoisotopic (exact) mass is 293 g/mol. The van der Waals surface area contributed by atoms with Gasteiger partial charge in [-0.05, 0) is 10.3 Å². The standard InChI is InChI=1S/C6H12N6S2.Cu/c1-7-5(13)11-9-3-4-10-12-6(14)8-2;/h3-4H,1-2H3,(H2,7,11,13)(H2,8,12,14);/p-2. The van der Waals surface area contributed by atoms with Gasteiger partial charge in [0.2, 0.25) is 0 Å². The molecule has 0 spiro atoms. The number of hydrogen-bond acceptors (Lipinski definition) is 6. The number of hydrazone groups is 2. The molecule has 0 aromatic rings. The van der Waals surface area contributed by atoms with Crippen LogP contribution in [0.2, 0.25) is 0 Å². The Morgan fingerprint density at radius 3 is 1.53 bits per heavy atom. The summed E-state index contributed by atoms with van der Waals surface area (Å²) in [4.78, 5) is 7.32. The molecule has 0 amide bonds. The molecule has 0 heterocycles. The van der Waals surface area contributed by atoms with Crippen molar-refractivity contribution < 1.29 is 17.1 Å². The second-order valence-electron chi connectivity index (χ2n) is 1.84. The van der Waals surface area contributed by atoms with Crippen molar-refractivity contribution in [3.05, 3.63) is 0 Å². The summed E-state index contributed by atoms with van der Waals surface area (Å²) in [6.45, 7) is 0. The second kappa shape index (κ2) is 11.3. The van der Waals surface area contributed by atoms with Gasteiger partial charge in [-0.1, -0.05) is 0 Å². The van der Waals surface area contributed by atoms with E-state index in [1.807, 2.05) is 0 Å². The number of aliphatic imine (C=N–C) groups is 2. The minimum absolute atomic E-state index is 0. The van der Waals surface area contributed by atoms with Crippen LogP contribution in [0.4, 0.5) is 0 Å². The van der Waals surface area contributed by atoms with Gasteiger partial charge in [0.05, 0.1) is 12.4 Å². The zero-order chi connectivity index (χ0) is 10.8. The first-order chi connectivity index (χ1) is 6.70. The Kier molecular flexibility index (Phi) is 12.6. The van der Waals surface area contributed by atoms with Crippen LogP contribution in [0.5, 0.6) is 0 Å². The van der Waals surface area contributed by atoms with E-state index in [2.05, 4.69) is 31.0 Å². The van der Waals surface area contributed by atoms with E-state index in [0.717, 1.165) is 0 Å². The van der Waals surface area contributed by atoms with E-state index in [1.54, 1.807) is 14.1 Å². The van der Waals surface area contributed by atoms with Gasteiger partial charge in [0.15, 0.2) is 0 Å². The summed E-state index contributed by atoms with van der Waals surface area (Å²) in [6, 6.07) is 0. The smallest absolute Gasteiger partial charge is 0.0672 e. The molecule has 0 unspecified atom stereocenters. The summed E-state index contributed by atoms with van der Waals surface area (Å²) in [5, 5.41) is 8.00. The van der Waals surface area contributed by atoms with E-state index < -0.39 is 0 Å². The SMILES string of the molecule is CN=C([S-])NN=CC=NNC([S-])=NC.[Cu]. The second-order valence-corrected chi connectivity index (χ2v) is 2.61. The topological polar surface area (TPSA) is 73.5 Å². The van der Waals surface area contributed by atoms with Crippen LogP contribution in [0.25, 0.3) is 0 Å². The van der Waals surface area contributed by atoms with E-state index >= 15 is 0 Å². The molecule has 0 fully saturated rings. The van der Waals surface area contributed by atoms with Gasteiger partial charge in [-0.25, -0.2) is 0 Å². The molecule has 0 aliphatic heterocycles. The predicted octanol–water partition coefficient (Wildman–Crippen LogP) is -0.800.